The SMILES string of the molecule is O=C(Oc1ccc(-c2ccc3cc(OC(=O)c4ccccc4)ccc3c2)cc1)c1ccccc1. The third kappa shape index (κ3) is 4.71. The summed E-state index contributed by atoms with van der Waals surface area (Å²) in [6, 6.07) is 36.9. The summed E-state index contributed by atoms with van der Waals surface area (Å²) in [4.78, 5) is 24.5. The van der Waals surface area contributed by atoms with Crippen LogP contribution in [-0.4, -0.2) is 11.9 Å². The minimum atomic E-state index is -0.386. The standard InChI is InChI=1S/C30H20O4/c31-29(22-7-3-1-4-8-22)33-27-16-13-21(14-17-27)24-11-12-26-20-28(18-15-25(26)19-24)34-30(32)23-9-5-2-6-10-23/h1-20H. The fourth-order valence-electron chi connectivity index (χ4n) is 3.66. The van der Waals surface area contributed by atoms with Gasteiger partial charge in [-0.2, -0.15) is 0 Å². The van der Waals surface area contributed by atoms with Gasteiger partial charge in [0.05, 0.1) is 11.1 Å². The lowest BCUT2D eigenvalue weighted by Crippen LogP contribution is -2.08. The van der Waals surface area contributed by atoms with Crippen molar-refractivity contribution in [2.45, 2.75) is 0 Å². The van der Waals surface area contributed by atoms with Crippen molar-refractivity contribution in [1.29, 1.82) is 0 Å². The molecule has 0 atom stereocenters. The maximum Gasteiger partial charge on any atom is 0.343 e. The Hall–Kier alpha value is -4.70. The Bertz CT molecular complexity index is 1460. The van der Waals surface area contributed by atoms with Crippen LogP contribution >= 0.6 is 0 Å². The summed E-state index contributed by atoms with van der Waals surface area (Å²) in [6.07, 6.45) is 0. The first-order chi connectivity index (χ1) is 16.7. The Labute approximate surface area is 197 Å². The number of esters is 2. The van der Waals surface area contributed by atoms with E-state index in [1.54, 1.807) is 66.7 Å². The number of ether oxygens (including phenoxy) is 2. The molecule has 0 saturated heterocycles. The van der Waals surface area contributed by atoms with Gasteiger partial charge in [-0.1, -0.05) is 66.7 Å². The molecule has 0 fully saturated rings. The van der Waals surface area contributed by atoms with E-state index in [1.165, 1.54) is 0 Å². The molecule has 0 bridgehead atoms. The lowest BCUT2D eigenvalue weighted by Gasteiger charge is -2.09. The molecule has 5 aromatic rings. The highest BCUT2D eigenvalue weighted by atomic mass is 16.5. The van der Waals surface area contributed by atoms with E-state index in [1.807, 2.05) is 48.5 Å². The van der Waals surface area contributed by atoms with E-state index in [0.717, 1.165) is 21.9 Å². The van der Waals surface area contributed by atoms with Crippen LogP contribution in [-0.2, 0) is 0 Å². The Morgan fingerprint density at radius 3 is 1.53 bits per heavy atom. The van der Waals surface area contributed by atoms with Crippen molar-refractivity contribution >= 4 is 22.7 Å². The van der Waals surface area contributed by atoms with Gasteiger partial charge in [0.15, 0.2) is 0 Å². The summed E-state index contributed by atoms with van der Waals surface area (Å²) >= 11 is 0. The second-order valence-corrected chi connectivity index (χ2v) is 7.76. The van der Waals surface area contributed by atoms with Crippen molar-refractivity contribution in [3.05, 3.63) is 132 Å². The van der Waals surface area contributed by atoms with E-state index < -0.39 is 0 Å². The summed E-state index contributed by atoms with van der Waals surface area (Å²) < 4.78 is 11.0. The van der Waals surface area contributed by atoms with E-state index in [-0.39, 0.29) is 11.9 Å². The highest BCUT2D eigenvalue weighted by Gasteiger charge is 2.10. The smallest absolute Gasteiger partial charge is 0.343 e. The van der Waals surface area contributed by atoms with Crippen LogP contribution in [0.25, 0.3) is 21.9 Å². The molecule has 5 aromatic carbocycles. The number of rotatable bonds is 5. The Morgan fingerprint density at radius 2 is 0.912 bits per heavy atom. The largest absolute Gasteiger partial charge is 0.423 e. The molecule has 0 unspecified atom stereocenters. The van der Waals surface area contributed by atoms with Gasteiger partial charge in [-0.15, -0.1) is 0 Å². The average Bonchev–Trinajstić information content (AvgIpc) is 2.90. The number of benzene rings is 5. The first-order valence-corrected chi connectivity index (χ1v) is 10.8. The topological polar surface area (TPSA) is 52.6 Å². The average molecular weight is 444 g/mol. The van der Waals surface area contributed by atoms with E-state index in [9.17, 15) is 9.59 Å². The van der Waals surface area contributed by atoms with Crippen LogP contribution in [0.3, 0.4) is 0 Å². The van der Waals surface area contributed by atoms with Crippen LogP contribution in [0.2, 0.25) is 0 Å². The van der Waals surface area contributed by atoms with Gasteiger partial charge in [-0.25, -0.2) is 9.59 Å². The third-order valence-electron chi connectivity index (χ3n) is 5.44. The second-order valence-electron chi connectivity index (χ2n) is 7.76. The quantitative estimate of drug-likeness (QED) is 0.218. The maximum absolute atomic E-state index is 12.3. The summed E-state index contributed by atoms with van der Waals surface area (Å²) in [5.41, 5.74) is 3.05. The fourth-order valence-corrected chi connectivity index (χ4v) is 3.66. The number of carbonyl (C=O) groups excluding carboxylic acids is 2. The fraction of sp³-hybridized carbons (Fsp3) is 0. The molecule has 34 heavy (non-hydrogen) atoms. The van der Waals surface area contributed by atoms with Gasteiger partial charge in [-0.05, 0) is 76.5 Å². The predicted octanol–water partition coefficient (Wildman–Crippen LogP) is 6.95. The zero-order chi connectivity index (χ0) is 23.3. The van der Waals surface area contributed by atoms with Gasteiger partial charge in [0.25, 0.3) is 0 Å². The highest BCUT2D eigenvalue weighted by Crippen LogP contribution is 2.28. The molecule has 0 radical (unpaired) electrons. The van der Waals surface area contributed by atoms with Crippen LogP contribution in [0.4, 0.5) is 0 Å². The van der Waals surface area contributed by atoms with Crippen LogP contribution < -0.4 is 9.47 Å². The first kappa shape index (κ1) is 21.2. The Kier molecular flexibility index (Phi) is 5.87. The van der Waals surface area contributed by atoms with Crippen molar-refractivity contribution in [3.63, 3.8) is 0 Å². The summed E-state index contributed by atoms with van der Waals surface area (Å²) in [6.45, 7) is 0. The lowest BCUT2D eigenvalue weighted by molar-refractivity contribution is 0.0725. The molecule has 0 saturated carbocycles. The van der Waals surface area contributed by atoms with E-state index in [4.69, 9.17) is 9.47 Å². The van der Waals surface area contributed by atoms with E-state index in [2.05, 4.69) is 6.07 Å². The summed E-state index contributed by atoms with van der Waals surface area (Å²) in [7, 11) is 0. The first-order valence-electron chi connectivity index (χ1n) is 10.8. The predicted molar refractivity (Wildman–Crippen MR) is 132 cm³/mol. The highest BCUT2D eigenvalue weighted by molar-refractivity contribution is 5.93. The molecule has 0 heterocycles. The van der Waals surface area contributed by atoms with Crippen molar-refractivity contribution in [2.24, 2.45) is 0 Å². The molecule has 164 valence electrons. The van der Waals surface area contributed by atoms with Gasteiger partial charge in [0.1, 0.15) is 11.5 Å². The van der Waals surface area contributed by atoms with Gasteiger partial charge in [-0.3, -0.25) is 0 Å². The van der Waals surface area contributed by atoms with Crippen LogP contribution in [0, 0.1) is 0 Å². The molecule has 4 nitrogen and oxygen atoms in total. The van der Waals surface area contributed by atoms with E-state index in [0.29, 0.717) is 22.6 Å². The molecule has 0 spiro atoms. The van der Waals surface area contributed by atoms with Gasteiger partial charge in [0.2, 0.25) is 0 Å². The minimum Gasteiger partial charge on any atom is -0.423 e. The van der Waals surface area contributed by atoms with Crippen LogP contribution in [0.15, 0.2) is 121 Å². The third-order valence-corrected chi connectivity index (χ3v) is 5.44. The van der Waals surface area contributed by atoms with Crippen LogP contribution in [0.1, 0.15) is 20.7 Å². The second kappa shape index (κ2) is 9.43. The number of carbonyl (C=O) groups is 2. The van der Waals surface area contributed by atoms with Gasteiger partial charge < -0.3 is 9.47 Å². The maximum atomic E-state index is 12.3. The normalized spacial score (nSPS) is 10.6. The van der Waals surface area contributed by atoms with Crippen LogP contribution in [0.5, 0.6) is 11.5 Å². The Balaban J connectivity index is 1.31. The molecule has 0 aliphatic rings. The zero-order valence-corrected chi connectivity index (χ0v) is 18.2. The zero-order valence-electron chi connectivity index (χ0n) is 18.2. The molecule has 0 N–H and O–H groups in total. The molecule has 0 aliphatic heterocycles. The Morgan fingerprint density at radius 1 is 0.441 bits per heavy atom. The van der Waals surface area contributed by atoms with Gasteiger partial charge >= 0.3 is 11.9 Å². The lowest BCUT2D eigenvalue weighted by atomic mass is 10.0. The van der Waals surface area contributed by atoms with Crippen molar-refractivity contribution < 1.29 is 19.1 Å². The molecule has 0 aliphatic carbocycles. The summed E-state index contributed by atoms with van der Waals surface area (Å²) in [5.74, 6) is 0.217. The molecule has 0 aromatic heterocycles. The number of hydrogen-bond donors (Lipinski definition) is 0. The number of hydrogen-bond acceptors (Lipinski definition) is 4. The van der Waals surface area contributed by atoms with Crippen molar-refractivity contribution in [1.82, 2.24) is 0 Å². The number of fused-ring (bicyclic) bond motifs is 1. The van der Waals surface area contributed by atoms with E-state index >= 15 is 0 Å². The van der Waals surface area contributed by atoms with Crippen molar-refractivity contribution in [2.75, 3.05) is 0 Å². The monoisotopic (exact) mass is 444 g/mol. The summed E-state index contributed by atoms with van der Waals surface area (Å²) in [5, 5.41) is 1.99. The molecular formula is C30H20O4. The molecule has 4 heteroatoms. The molecule has 0 amide bonds. The minimum absolute atomic E-state index is 0.385. The van der Waals surface area contributed by atoms with Gasteiger partial charge in [0, 0.05) is 0 Å². The van der Waals surface area contributed by atoms with Crippen molar-refractivity contribution in [3.8, 4) is 22.6 Å². The molecular weight excluding hydrogens is 424 g/mol. The molecule has 5 rings (SSSR count).